The summed E-state index contributed by atoms with van der Waals surface area (Å²) in [7, 11) is 1.56. The van der Waals surface area contributed by atoms with Crippen molar-refractivity contribution in [1.29, 1.82) is 0 Å². The van der Waals surface area contributed by atoms with Crippen molar-refractivity contribution in [2.45, 2.75) is 94.0 Å². The molecule has 3 aliphatic carbocycles. The lowest BCUT2D eigenvalue weighted by molar-refractivity contribution is -0.0486. The summed E-state index contributed by atoms with van der Waals surface area (Å²) in [5.41, 5.74) is 9.53. The first-order valence-electron chi connectivity index (χ1n) is 20.0. The van der Waals surface area contributed by atoms with Crippen LogP contribution in [0.25, 0.3) is 23.3 Å². The molecule has 0 saturated heterocycles. The van der Waals surface area contributed by atoms with Crippen LogP contribution in [-0.2, 0) is 24.0 Å². The van der Waals surface area contributed by atoms with E-state index in [0.29, 0.717) is 44.3 Å². The SMILES string of the molecule is COc1cc(C2Oc3c(c4c(c5c3CCC(CO)O5)-c3ccc(O)c5c3C(C4)C(c3ccc4c(c3)=CCN=4)C=C5)CC2OCNC2CCCCC2)ccc1O. The minimum Gasteiger partial charge on any atom is -0.507 e. The first-order chi connectivity index (χ1) is 27.0. The number of benzene rings is 4. The van der Waals surface area contributed by atoms with Gasteiger partial charge in [0.15, 0.2) is 17.6 Å². The van der Waals surface area contributed by atoms with Gasteiger partial charge in [-0.2, -0.15) is 0 Å². The number of methoxy groups -OCH3 is 1. The molecule has 0 amide bonds. The van der Waals surface area contributed by atoms with Crippen LogP contribution in [-0.4, -0.2) is 60.6 Å². The number of hydrogen-bond donors (Lipinski definition) is 4. The predicted molar refractivity (Wildman–Crippen MR) is 210 cm³/mol. The Balaban J connectivity index is 1.12. The van der Waals surface area contributed by atoms with E-state index in [-0.39, 0.29) is 42.1 Å². The number of hydrogen-bond acceptors (Lipinski definition) is 9. The number of phenols is 2. The first-order valence-corrected chi connectivity index (χ1v) is 20.0. The fraction of sp³-hybridized carbons (Fsp3) is 0.413. The summed E-state index contributed by atoms with van der Waals surface area (Å²) in [6, 6.07) is 16.3. The van der Waals surface area contributed by atoms with E-state index in [0.717, 1.165) is 75.1 Å². The zero-order chi connectivity index (χ0) is 37.2. The molecule has 0 aromatic heterocycles. The summed E-state index contributed by atoms with van der Waals surface area (Å²) in [6.45, 7) is 1.05. The Bertz CT molecular complexity index is 2330. The van der Waals surface area contributed by atoms with E-state index < -0.39 is 6.10 Å². The second-order valence-corrected chi connectivity index (χ2v) is 16.0. The van der Waals surface area contributed by atoms with Crippen LogP contribution >= 0.6 is 0 Å². The van der Waals surface area contributed by atoms with Crippen molar-refractivity contribution < 1.29 is 34.3 Å². The van der Waals surface area contributed by atoms with Crippen molar-refractivity contribution in [3.8, 4) is 39.9 Å². The van der Waals surface area contributed by atoms with Crippen molar-refractivity contribution in [3.63, 3.8) is 0 Å². The van der Waals surface area contributed by atoms with Gasteiger partial charge in [-0.25, -0.2) is 0 Å². The summed E-state index contributed by atoms with van der Waals surface area (Å²) < 4.78 is 26.3. The maximum Gasteiger partial charge on any atom is 0.160 e. The van der Waals surface area contributed by atoms with Crippen molar-refractivity contribution >= 4 is 12.2 Å². The van der Waals surface area contributed by atoms with E-state index in [1.54, 1.807) is 13.2 Å². The fourth-order valence-electron chi connectivity index (χ4n) is 10.2. The molecule has 10 rings (SSSR count). The molecule has 4 aromatic rings. The van der Waals surface area contributed by atoms with Crippen LogP contribution < -0.4 is 30.1 Å². The van der Waals surface area contributed by atoms with Gasteiger partial charge in [0, 0.05) is 40.6 Å². The Kier molecular flexibility index (Phi) is 8.84. The van der Waals surface area contributed by atoms with Crippen LogP contribution in [0, 0.1) is 0 Å². The molecule has 6 aliphatic rings. The molecular formula is C46H48N2O7. The van der Waals surface area contributed by atoms with Crippen LogP contribution in [0.3, 0.4) is 0 Å². The maximum absolute atomic E-state index is 11.3. The number of nitrogens with one attached hydrogen (secondary N) is 1. The standard InChI is InChI=1S/C46H48N2O7/c1-52-40-20-27(8-15-39(40)51)44-41(53-24-48-28-5-3-2-4-6-28)22-36-35-21-34-30(25-7-14-37-26(19-25)17-18-47-37)11-12-31-38(50)16-13-32(42(31)34)43(35)46-33(45(36)55-44)10-9-29(23-49)54-46/h7-8,11-17,19-20,28-30,34,41,44,48-51H,2-6,9-10,18,21-24H2,1H3. The highest BCUT2D eigenvalue weighted by molar-refractivity contribution is 5.88. The molecule has 0 spiro atoms. The number of aliphatic hydroxyl groups excluding tert-OH is 1. The zero-order valence-electron chi connectivity index (χ0n) is 31.2. The summed E-state index contributed by atoms with van der Waals surface area (Å²) in [4.78, 5) is 4.64. The van der Waals surface area contributed by atoms with Crippen LogP contribution in [0.1, 0.15) is 95.4 Å². The van der Waals surface area contributed by atoms with Crippen LogP contribution in [0.5, 0.6) is 28.7 Å². The van der Waals surface area contributed by atoms with Gasteiger partial charge >= 0.3 is 0 Å². The van der Waals surface area contributed by atoms with Gasteiger partial charge in [-0.1, -0.05) is 55.7 Å². The predicted octanol–water partition coefficient (Wildman–Crippen LogP) is 6.26. The average molecular weight is 741 g/mol. The highest BCUT2D eigenvalue weighted by Crippen LogP contribution is 2.59. The van der Waals surface area contributed by atoms with Crippen LogP contribution in [0.15, 0.2) is 59.6 Å². The second-order valence-electron chi connectivity index (χ2n) is 16.0. The van der Waals surface area contributed by atoms with Gasteiger partial charge in [0.2, 0.25) is 0 Å². The van der Waals surface area contributed by atoms with Crippen LogP contribution in [0.2, 0.25) is 0 Å². The number of allylic oxidation sites excluding steroid dienone is 1. The number of phenolic OH excluding ortho intramolecular Hbond substituents is 2. The highest BCUT2D eigenvalue weighted by atomic mass is 16.6. The molecule has 0 bridgehead atoms. The Morgan fingerprint density at radius 2 is 1.73 bits per heavy atom. The van der Waals surface area contributed by atoms with Crippen LogP contribution in [0.4, 0.5) is 0 Å². The van der Waals surface area contributed by atoms with Gasteiger partial charge < -0.3 is 34.3 Å². The van der Waals surface area contributed by atoms with E-state index in [4.69, 9.17) is 18.9 Å². The van der Waals surface area contributed by atoms with E-state index >= 15 is 0 Å². The molecule has 4 aromatic carbocycles. The summed E-state index contributed by atoms with van der Waals surface area (Å²) >= 11 is 0. The molecule has 284 valence electrons. The first kappa shape index (κ1) is 34.6. The van der Waals surface area contributed by atoms with Gasteiger partial charge in [0.25, 0.3) is 0 Å². The molecule has 4 N–H and O–H groups in total. The van der Waals surface area contributed by atoms with Crippen molar-refractivity contribution in [2.24, 2.45) is 4.99 Å². The Morgan fingerprint density at radius 1 is 0.873 bits per heavy atom. The van der Waals surface area contributed by atoms with E-state index in [1.165, 1.54) is 35.6 Å². The number of nitrogens with zero attached hydrogens (tertiary/aromatic N) is 1. The smallest absolute Gasteiger partial charge is 0.160 e. The van der Waals surface area contributed by atoms with Crippen molar-refractivity contribution in [2.75, 3.05) is 27.0 Å². The van der Waals surface area contributed by atoms with E-state index in [9.17, 15) is 15.3 Å². The zero-order valence-corrected chi connectivity index (χ0v) is 31.2. The molecular weight excluding hydrogens is 693 g/mol. The molecule has 9 heteroatoms. The third-order valence-electron chi connectivity index (χ3n) is 13.0. The van der Waals surface area contributed by atoms with Gasteiger partial charge in [-0.3, -0.25) is 10.3 Å². The van der Waals surface area contributed by atoms with Gasteiger partial charge in [-0.05, 0) is 101 Å². The van der Waals surface area contributed by atoms with E-state index in [1.807, 2.05) is 18.2 Å². The van der Waals surface area contributed by atoms with Gasteiger partial charge in [0.05, 0.1) is 32.3 Å². The van der Waals surface area contributed by atoms with Crippen molar-refractivity contribution in [3.05, 3.63) is 104 Å². The second kappa shape index (κ2) is 14.0. The van der Waals surface area contributed by atoms with E-state index in [2.05, 4.69) is 52.8 Å². The number of aromatic hydroxyl groups is 2. The maximum atomic E-state index is 11.3. The monoisotopic (exact) mass is 740 g/mol. The van der Waals surface area contributed by atoms with Crippen molar-refractivity contribution in [1.82, 2.24) is 5.32 Å². The quantitative estimate of drug-likeness (QED) is 0.156. The third kappa shape index (κ3) is 5.90. The molecule has 5 atom stereocenters. The summed E-state index contributed by atoms with van der Waals surface area (Å²) in [5, 5.41) is 38.0. The number of rotatable bonds is 8. The molecule has 3 aliphatic heterocycles. The topological polar surface area (TPSA) is 122 Å². The molecule has 5 unspecified atom stereocenters. The number of aliphatic hydroxyl groups is 1. The molecule has 9 nitrogen and oxygen atoms in total. The average Bonchev–Trinajstić information content (AvgIpc) is 3.70. The summed E-state index contributed by atoms with van der Waals surface area (Å²) in [5.74, 6) is 2.47. The molecule has 1 saturated carbocycles. The third-order valence-corrected chi connectivity index (χ3v) is 13.0. The fourth-order valence-corrected chi connectivity index (χ4v) is 10.2. The van der Waals surface area contributed by atoms with Gasteiger partial charge in [0.1, 0.15) is 29.5 Å². The minimum atomic E-state index is -0.467. The summed E-state index contributed by atoms with van der Waals surface area (Å²) in [6.07, 6.45) is 14.2. The Morgan fingerprint density at radius 3 is 2.58 bits per heavy atom. The van der Waals surface area contributed by atoms with Gasteiger partial charge in [-0.15, -0.1) is 0 Å². The Hall–Kier alpha value is -4.83. The lowest BCUT2D eigenvalue weighted by atomic mass is 9.65. The normalized spacial score (nSPS) is 24.5. The minimum absolute atomic E-state index is 0.0526. The lowest BCUT2D eigenvalue weighted by Crippen LogP contribution is -2.40. The highest BCUT2D eigenvalue weighted by Gasteiger charge is 2.44. The number of fused-ring (bicyclic) bond motifs is 8. The Labute approximate surface area is 320 Å². The molecule has 55 heavy (non-hydrogen) atoms. The molecule has 1 fully saturated rings. The molecule has 0 radical (unpaired) electrons. The lowest BCUT2D eigenvalue weighted by Gasteiger charge is -2.43. The largest absolute Gasteiger partial charge is 0.507 e. The number of ether oxygens (including phenoxy) is 4. The molecule has 3 heterocycles.